The van der Waals surface area contributed by atoms with E-state index in [4.69, 9.17) is 23.2 Å². The van der Waals surface area contributed by atoms with Gasteiger partial charge in [0.1, 0.15) is 0 Å². The number of aliphatic hydroxyl groups is 1. The van der Waals surface area contributed by atoms with Gasteiger partial charge in [0.15, 0.2) is 0 Å². The molecule has 0 radical (unpaired) electrons. The third kappa shape index (κ3) is 5.70. The fourth-order valence-electron chi connectivity index (χ4n) is 2.39. The third-order valence-electron chi connectivity index (χ3n) is 3.66. The number of hydrogen-bond acceptors (Lipinski definition) is 3. The van der Waals surface area contributed by atoms with Crippen molar-refractivity contribution in [2.45, 2.75) is 36.7 Å². The van der Waals surface area contributed by atoms with E-state index in [1.807, 2.05) is 0 Å². The fraction of sp³-hybridized carbons (Fsp3) is 0.533. The number of thioether (sulfide) groups is 1. The van der Waals surface area contributed by atoms with Gasteiger partial charge in [-0.15, -0.1) is 11.8 Å². The van der Waals surface area contributed by atoms with Crippen LogP contribution in [0.15, 0.2) is 23.1 Å². The molecule has 0 bridgehead atoms. The van der Waals surface area contributed by atoms with Crippen LogP contribution in [-0.4, -0.2) is 29.4 Å². The molecule has 1 fully saturated rings. The molecule has 116 valence electrons. The molecule has 2 rings (SSSR count). The lowest BCUT2D eigenvalue weighted by molar-refractivity contribution is -0.118. The second-order valence-electron chi connectivity index (χ2n) is 5.34. The lowest BCUT2D eigenvalue weighted by Crippen LogP contribution is -2.33. The molecule has 0 aliphatic heterocycles. The molecule has 1 aromatic carbocycles. The standard InChI is InChI=1S/C15H19Cl2NO2S/c16-11-3-6-13(17)14(7-11)21-9-15(20)18-8-10-1-4-12(19)5-2-10/h3,6-7,10,12,19H,1-2,4-5,8-9H2,(H,18,20). The minimum atomic E-state index is -0.155. The second kappa shape index (κ2) is 8.28. The second-order valence-corrected chi connectivity index (χ2v) is 7.20. The van der Waals surface area contributed by atoms with Crippen LogP contribution in [0.3, 0.4) is 0 Å². The number of halogens is 2. The van der Waals surface area contributed by atoms with Crippen molar-refractivity contribution < 1.29 is 9.90 Å². The first-order chi connectivity index (χ1) is 10.0. The summed E-state index contributed by atoms with van der Waals surface area (Å²) < 4.78 is 0. The smallest absolute Gasteiger partial charge is 0.230 e. The number of carbonyl (C=O) groups excluding carboxylic acids is 1. The highest BCUT2D eigenvalue weighted by Crippen LogP contribution is 2.29. The predicted octanol–water partition coefficient (Wildman–Crippen LogP) is 3.75. The quantitative estimate of drug-likeness (QED) is 0.797. The Morgan fingerprint density at radius 1 is 1.29 bits per heavy atom. The van der Waals surface area contributed by atoms with E-state index >= 15 is 0 Å². The van der Waals surface area contributed by atoms with E-state index in [0.29, 0.717) is 28.3 Å². The van der Waals surface area contributed by atoms with Crippen molar-refractivity contribution in [1.29, 1.82) is 0 Å². The molecule has 0 atom stereocenters. The Morgan fingerprint density at radius 2 is 2.00 bits per heavy atom. The molecule has 1 aliphatic carbocycles. The molecule has 0 saturated heterocycles. The van der Waals surface area contributed by atoms with E-state index < -0.39 is 0 Å². The van der Waals surface area contributed by atoms with Gasteiger partial charge in [0, 0.05) is 16.5 Å². The lowest BCUT2D eigenvalue weighted by Gasteiger charge is -2.25. The van der Waals surface area contributed by atoms with Crippen molar-refractivity contribution in [1.82, 2.24) is 5.32 Å². The van der Waals surface area contributed by atoms with Gasteiger partial charge in [0.05, 0.1) is 16.9 Å². The zero-order chi connectivity index (χ0) is 15.2. The average molecular weight is 348 g/mol. The Labute approximate surface area is 139 Å². The van der Waals surface area contributed by atoms with Crippen LogP contribution >= 0.6 is 35.0 Å². The molecule has 1 amide bonds. The van der Waals surface area contributed by atoms with E-state index in [-0.39, 0.29) is 12.0 Å². The third-order valence-corrected chi connectivity index (χ3v) is 5.39. The summed E-state index contributed by atoms with van der Waals surface area (Å²) in [6, 6.07) is 5.23. The summed E-state index contributed by atoms with van der Waals surface area (Å²) in [4.78, 5) is 12.7. The van der Waals surface area contributed by atoms with E-state index in [0.717, 1.165) is 30.6 Å². The Hall–Kier alpha value is -0.420. The van der Waals surface area contributed by atoms with Crippen LogP contribution in [0.1, 0.15) is 25.7 Å². The summed E-state index contributed by atoms with van der Waals surface area (Å²) in [5, 5.41) is 13.6. The van der Waals surface area contributed by atoms with Gasteiger partial charge in [-0.3, -0.25) is 4.79 Å². The van der Waals surface area contributed by atoms with Crippen LogP contribution in [-0.2, 0) is 4.79 Å². The minimum absolute atomic E-state index is 0.00200. The molecule has 2 N–H and O–H groups in total. The van der Waals surface area contributed by atoms with E-state index in [9.17, 15) is 9.90 Å². The molecule has 6 heteroatoms. The molecule has 21 heavy (non-hydrogen) atoms. The Bertz CT molecular complexity index is 491. The fourth-order valence-corrected chi connectivity index (χ4v) is 3.71. The summed E-state index contributed by atoms with van der Waals surface area (Å²) in [5.74, 6) is 0.814. The normalized spacial score (nSPS) is 22.0. The maximum atomic E-state index is 11.9. The molecular formula is C15H19Cl2NO2S. The van der Waals surface area contributed by atoms with Crippen LogP contribution in [0.5, 0.6) is 0 Å². The van der Waals surface area contributed by atoms with Crippen molar-refractivity contribution in [2.75, 3.05) is 12.3 Å². The molecule has 0 spiro atoms. The van der Waals surface area contributed by atoms with Crippen molar-refractivity contribution >= 4 is 40.9 Å². The van der Waals surface area contributed by atoms with E-state index in [1.54, 1.807) is 18.2 Å². The molecule has 1 aromatic rings. The summed E-state index contributed by atoms with van der Waals surface area (Å²) in [7, 11) is 0. The highest BCUT2D eigenvalue weighted by molar-refractivity contribution is 8.00. The summed E-state index contributed by atoms with van der Waals surface area (Å²) in [5.41, 5.74) is 0. The number of nitrogens with one attached hydrogen (secondary N) is 1. The topological polar surface area (TPSA) is 49.3 Å². The van der Waals surface area contributed by atoms with Crippen molar-refractivity contribution in [3.63, 3.8) is 0 Å². The van der Waals surface area contributed by atoms with Crippen molar-refractivity contribution in [3.05, 3.63) is 28.2 Å². The van der Waals surface area contributed by atoms with Gasteiger partial charge in [-0.25, -0.2) is 0 Å². The van der Waals surface area contributed by atoms with Gasteiger partial charge >= 0.3 is 0 Å². The Balaban J connectivity index is 1.71. The van der Waals surface area contributed by atoms with Gasteiger partial charge in [0.2, 0.25) is 5.91 Å². The molecule has 1 saturated carbocycles. The number of aliphatic hydroxyl groups excluding tert-OH is 1. The predicted molar refractivity (Wildman–Crippen MR) is 88.2 cm³/mol. The van der Waals surface area contributed by atoms with Crippen LogP contribution in [0.25, 0.3) is 0 Å². The minimum Gasteiger partial charge on any atom is -0.393 e. The summed E-state index contributed by atoms with van der Waals surface area (Å²) in [6.07, 6.45) is 3.49. The molecule has 3 nitrogen and oxygen atoms in total. The number of hydrogen-bond donors (Lipinski definition) is 2. The van der Waals surface area contributed by atoms with Crippen LogP contribution in [0.4, 0.5) is 0 Å². The highest BCUT2D eigenvalue weighted by atomic mass is 35.5. The van der Waals surface area contributed by atoms with Crippen molar-refractivity contribution in [2.24, 2.45) is 5.92 Å². The molecule has 0 heterocycles. The van der Waals surface area contributed by atoms with Gasteiger partial charge in [-0.1, -0.05) is 23.2 Å². The highest BCUT2D eigenvalue weighted by Gasteiger charge is 2.19. The van der Waals surface area contributed by atoms with Gasteiger partial charge in [-0.05, 0) is 49.8 Å². The van der Waals surface area contributed by atoms with Gasteiger partial charge < -0.3 is 10.4 Å². The summed E-state index contributed by atoms with van der Waals surface area (Å²) >= 11 is 13.4. The Kier molecular flexibility index (Phi) is 6.68. The van der Waals surface area contributed by atoms with E-state index in [2.05, 4.69) is 5.32 Å². The monoisotopic (exact) mass is 347 g/mol. The van der Waals surface area contributed by atoms with Crippen LogP contribution in [0.2, 0.25) is 10.0 Å². The summed E-state index contributed by atoms with van der Waals surface area (Å²) in [6.45, 7) is 0.690. The number of amides is 1. The van der Waals surface area contributed by atoms with Gasteiger partial charge in [0.25, 0.3) is 0 Å². The first kappa shape index (κ1) is 16.9. The molecule has 1 aliphatic rings. The number of carbonyl (C=O) groups is 1. The number of benzene rings is 1. The van der Waals surface area contributed by atoms with E-state index in [1.165, 1.54) is 11.8 Å². The molecule has 0 unspecified atom stereocenters. The lowest BCUT2D eigenvalue weighted by atomic mass is 9.87. The average Bonchev–Trinajstić information content (AvgIpc) is 2.47. The SMILES string of the molecule is O=C(CSc1cc(Cl)ccc1Cl)NCC1CCC(O)CC1. The maximum Gasteiger partial charge on any atom is 0.230 e. The van der Waals surface area contributed by atoms with Crippen LogP contribution < -0.4 is 5.32 Å². The first-order valence-electron chi connectivity index (χ1n) is 7.07. The zero-order valence-corrected chi connectivity index (χ0v) is 14.0. The molecular weight excluding hydrogens is 329 g/mol. The zero-order valence-electron chi connectivity index (χ0n) is 11.6. The first-order valence-corrected chi connectivity index (χ1v) is 8.81. The molecule has 0 aromatic heterocycles. The number of rotatable bonds is 5. The van der Waals surface area contributed by atoms with Gasteiger partial charge in [-0.2, -0.15) is 0 Å². The Morgan fingerprint density at radius 3 is 2.71 bits per heavy atom. The largest absolute Gasteiger partial charge is 0.393 e. The maximum absolute atomic E-state index is 11.9. The van der Waals surface area contributed by atoms with Crippen molar-refractivity contribution in [3.8, 4) is 0 Å². The van der Waals surface area contributed by atoms with Crippen LogP contribution in [0, 0.1) is 5.92 Å².